The van der Waals surface area contributed by atoms with Gasteiger partial charge in [-0.25, -0.2) is 4.98 Å². The highest BCUT2D eigenvalue weighted by Crippen LogP contribution is 2.56. The van der Waals surface area contributed by atoms with Crippen molar-refractivity contribution in [3.63, 3.8) is 0 Å². The maximum atomic E-state index is 5.16. The first-order valence-corrected chi connectivity index (χ1v) is 12.4. The summed E-state index contributed by atoms with van der Waals surface area (Å²) >= 11 is 0. The summed E-state index contributed by atoms with van der Waals surface area (Å²) in [5.41, 5.74) is 4.02. The zero-order chi connectivity index (χ0) is 21.9. The number of likely N-dealkylation sites (N-methyl/N-ethyl adjacent to an activating group) is 1. The number of rotatable bonds is 5. The van der Waals surface area contributed by atoms with E-state index in [0.717, 1.165) is 25.9 Å². The number of nitrogens with zero attached hydrogens (tertiary/aromatic N) is 6. The fourth-order valence-corrected chi connectivity index (χ4v) is 6.54. The van der Waals surface area contributed by atoms with Crippen LogP contribution >= 0.6 is 0 Å². The Bertz CT molecular complexity index is 1030. The highest BCUT2D eigenvalue weighted by atomic mass is 15.4. The molecule has 2 aromatic heterocycles. The smallest absolute Gasteiger partial charge is 0.114 e. The molecule has 0 aromatic carbocycles. The number of likely N-dealkylation sites (tertiary alicyclic amines) is 1. The van der Waals surface area contributed by atoms with Crippen molar-refractivity contribution in [2.75, 3.05) is 34.2 Å². The Hall–Kier alpha value is -2.02. The molecular weight excluding hydrogens is 396 g/mol. The third-order valence-electron chi connectivity index (χ3n) is 8.42. The molecule has 4 aliphatic rings. The van der Waals surface area contributed by atoms with Gasteiger partial charge < -0.3 is 9.47 Å². The molecule has 2 aliphatic heterocycles. The first-order chi connectivity index (χ1) is 15.6. The van der Waals surface area contributed by atoms with Crippen molar-refractivity contribution in [2.24, 2.45) is 5.92 Å². The molecule has 6 rings (SSSR count). The molecule has 2 fully saturated rings. The molecule has 4 heterocycles. The lowest BCUT2D eigenvalue weighted by Gasteiger charge is -2.32. The van der Waals surface area contributed by atoms with Gasteiger partial charge in [-0.3, -0.25) is 14.8 Å². The molecule has 1 saturated heterocycles. The Morgan fingerprint density at radius 1 is 1.22 bits per heavy atom. The SMILES string of the molecule is CN(C)[C@H]1CCN(C23CC2C=CCc2nc(CN(C)[C@H]4CCCc5cccnc54)cn23)C1. The van der Waals surface area contributed by atoms with Crippen LogP contribution in [-0.4, -0.2) is 69.5 Å². The lowest BCUT2D eigenvalue weighted by molar-refractivity contribution is 0.124. The minimum absolute atomic E-state index is 0.121. The Kier molecular flexibility index (Phi) is 5.01. The molecule has 6 nitrogen and oxygen atoms in total. The van der Waals surface area contributed by atoms with E-state index in [-0.39, 0.29) is 5.66 Å². The van der Waals surface area contributed by atoms with Crippen molar-refractivity contribution in [3.8, 4) is 0 Å². The summed E-state index contributed by atoms with van der Waals surface area (Å²) in [5.74, 6) is 1.86. The van der Waals surface area contributed by atoms with Gasteiger partial charge in [0, 0.05) is 50.4 Å². The number of aryl methyl sites for hydroxylation is 1. The Balaban J connectivity index is 1.25. The summed E-state index contributed by atoms with van der Waals surface area (Å²) in [4.78, 5) is 17.5. The fourth-order valence-electron chi connectivity index (χ4n) is 6.54. The zero-order valence-electron chi connectivity index (χ0n) is 19.7. The highest BCUT2D eigenvalue weighted by molar-refractivity contribution is 5.27. The second-order valence-corrected chi connectivity index (χ2v) is 10.6. The van der Waals surface area contributed by atoms with Crippen molar-refractivity contribution in [2.45, 2.75) is 62.8 Å². The van der Waals surface area contributed by atoms with E-state index >= 15 is 0 Å². The Morgan fingerprint density at radius 2 is 2.12 bits per heavy atom. The summed E-state index contributed by atoms with van der Waals surface area (Å²) in [6.07, 6.45) is 16.1. The number of allylic oxidation sites excluding steroid dienone is 1. The van der Waals surface area contributed by atoms with Gasteiger partial charge in [-0.1, -0.05) is 18.2 Å². The number of fused-ring (bicyclic) bond motifs is 4. The lowest BCUT2D eigenvalue weighted by atomic mass is 9.91. The summed E-state index contributed by atoms with van der Waals surface area (Å²) < 4.78 is 2.56. The molecule has 0 spiro atoms. The van der Waals surface area contributed by atoms with Crippen molar-refractivity contribution in [1.29, 1.82) is 0 Å². The topological polar surface area (TPSA) is 40.4 Å². The van der Waals surface area contributed by atoms with E-state index in [1.165, 1.54) is 55.0 Å². The van der Waals surface area contributed by atoms with Crippen molar-refractivity contribution in [1.82, 2.24) is 29.2 Å². The number of pyridine rings is 1. The van der Waals surface area contributed by atoms with E-state index in [1.54, 1.807) is 0 Å². The second-order valence-electron chi connectivity index (χ2n) is 10.6. The molecule has 4 atom stereocenters. The lowest BCUT2D eigenvalue weighted by Crippen LogP contribution is -2.42. The molecule has 32 heavy (non-hydrogen) atoms. The van der Waals surface area contributed by atoms with Gasteiger partial charge in [-0.15, -0.1) is 0 Å². The van der Waals surface area contributed by atoms with Gasteiger partial charge in [-0.2, -0.15) is 0 Å². The van der Waals surface area contributed by atoms with Crippen LogP contribution in [-0.2, 0) is 25.0 Å². The third-order valence-corrected chi connectivity index (χ3v) is 8.42. The molecule has 0 amide bonds. The summed E-state index contributed by atoms with van der Waals surface area (Å²) in [6.45, 7) is 3.23. The van der Waals surface area contributed by atoms with E-state index in [4.69, 9.17) is 9.97 Å². The molecule has 2 aliphatic carbocycles. The van der Waals surface area contributed by atoms with Crippen molar-refractivity contribution in [3.05, 3.63) is 59.5 Å². The largest absolute Gasteiger partial charge is 0.315 e. The zero-order valence-corrected chi connectivity index (χ0v) is 19.7. The van der Waals surface area contributed by atoms with Crippen LogP contribution in [0, 0.1) is 5.92 Å². The van der Waals surface area contributed by atoms with Crippen LogP contribution in [0.4, 0.5) is 0 Å². The average Bonchev–Trinajstić information content (AvgIpc) is 3.13. The fraction of sp³-hybridized carbons (Fsp3) is 0.615. The van der Waals surface area contributed by atoms with Gasteiger partial charge >= 0.3 is 0 Å². The third kappa shape index (κ3) is 3.27. The van der Waals surface area contributed by atoms with Crippen LogP contribution < -0.4 is 0 Å². The number of aromatic nitrogens is 3. The van der Waals surface area contributed by atoms with Gasteiger partial charge in [0.25, 0.3) is 0 Å². The van der Waals surface area contributed by atoms with Crippen LogP contribution in [0.25, 0.3) is 0 Å². The predicted octanol–water partition coefficient (Wildman–Crippen LogP) is 3.21. The van der Waals surface area contributed by atoms with Crippen molar-refractivity contribution < 1.29 is 0 Å². The summed E-state index contributed by atoms with van der Waals surface area (Å²) in [7, 11) is 6.69. The molecular formula is C26H36N6. The molecule has 6 heteroatoms. The minimum Gasteiger partial charge on any atom is -0.315 e. The molecule has 0 N–H and O–H groups in total. The second kappa shape index (κ2) is 7.79. The van der Waals surface area contributed by atoms with Gasteiger partial charge in [-0.05, 0) is 64.9 Å². The standard InChI is InChI=1S/C26H36N6/c1-29(2)22-12-14-31(18-22)26-15-20(26)9-5-11-24-28-21(17-32(24)26)16-30(3)23-10-4-7-19-8-6-13-27-25(19)23/h5-6,8-9,13,17,20,22-23H,4,7,10-12,14-16,18H2,1-3H3/t20?,22-,23-,26?/m0/s1. The first kappa shape index (κ1) is 20.6. The van der Waals surface area contributed by atoms with Crippen LogP contribution in [0.2, 0.25) is 0 Å². The van der Waals surface area contributed by atoms with Crippen LogP contribution in [0.15, 0.2) is 36.7 Å². The quantitative estimate of drug-likeness (QED) is 0.679. The maximum Gasteiger partial charge on any atom is 0.114 e. The normalized spacial score (nSPS) is 31.5. The molecule has 2 aromatic rings. The van der Waals surface area contributed by atoms with E-state index in [2.05, 4.69) is 70.9 Å². The number of hydrogen-bond donors (Lipinski definition) is 0. The molecule has 170 valence electrons. The first-order valence-electron chi connectivity index (χ1n) is 12.4. The minimum atomic E-state index is 0.121. The van der Waals surface area contributed by atoms with E-state index in [1.807, 2.05) is 6.20 Å². The van der Waals surface area contributed by atoms with Crippen molar-refractivity contribution >= 4 is 0 Å². The Labute approximate surface area is 191 Å². The average molecular weight is 433 g/mol. The summed E-state index contributed by atoms with van der Waals surface area (Å²) in [5, 5.41) is 0. The summed E-state index contributed by atoms with van der Waals surface area (Å²) in [6, 6.07) is 5.38. The van der Waals surface area contributed by atoms with E-state index < -0.39 is 0 Å². The molecule has 2 unspecified atom stereocenters. The Morgan fingerprint density at radius 3 is 2.97 bits per heavy atom. The molecule has 0 radical (unpaired) electrons. The van der Waals surface area contributed by atoms with E-state index in [9.17, 15) is 0 Å². The van der Waals surface area contributed by atoms with Gasteiger partial charge in [0.1, 0.15) is 11.5 Å². The number of hydrogen-bond acceptors (Lipinski definition) is 5. The van der Waals surface area contributed by atoms with Crippen LogP contribution in [0.1, 0.15) is 54.5 Å². The van der Waals surface area contributed by atoms with Crippen LogP contribution in [0.5, 0.6) is 0 Å². The monoisotopic (exact) mass is 432 g/mol. The molecule has 0 bridgehead atoms. The highest BCUT2D eigenvalue weighted by Gasteiger charge is 2.61. The van der Waals surface area contributed by atoms with Gasteiger partial charge in [0.05, 0.1) is 17.4 Å². The van der Waals surface area contributed by atoms with E-state index in [0.29, 0.717) is 18.0 Å². The number of imidazole rings is 1. The van der Waals surface area contributed by atoms with Crippen LogP contribution in [0.3, 0.4) is 0 Å². The van der Waals surface area contributed by atoms with Gasteiger partial charge in [0.15, 0.2) is 0 Å². The predicted molar refractivity (Wildman–Crippen MR) is 126 cm³/mol. The molecule has 1 saturated carbocycles. The maximum absolute atomic E-state index is 5.16. The van der Waals surface area contributed by atoms with Gasteiger partial charge in [0.2, 0.25) is 0 Å².